The van der Waals surface area contributed by atoms with E-state index in [0.29, 0.717) is 34.8 Å². The van der Waals surface area contributed by atoms with Gasteiger partial charge in [0.2, 0.25) is 0 Å². The fourth-order valence-corrected chi connectivity index (χ4v) is 4.68. The van der Waals surface area contributed by atoms with Crippen molar-refractivity contribution in [3.05, 3.63) is 52.0 Å². The van der Waals surface area contributed by atoms with Gasteiger partial charge in [-0.3, -0.25) is 14.3 Å². The second-order valence-electron chi connectivity index (χ2n) is 7.20. The van der Waals surface area contributed by atoms with Crippen molar-refractivity contribution in [2.75, 3.05) is 5.32 Å². The summed E-state index contributed by atoms with van der Waals surface area (Å²) in [6, 6.07) is 3.81. The number of nitrogens with one attached hydrogen (secondary N) is 1. The lowest BCUT2D eigenvalue weighted by Crippen LogP contribution is -2.18. The van der Waals surface area contributed by atoms with Gasteiger partial charge in [-0.25, -0.2) is 4.98 Å². The Hall–Kier alpha value is -3.67. The van der Waals surface area contributed by atoms with Gasteiger partial charge in [0.25, 0.3) is 11.8 Å². The Labute approximate surface area is 189 Å². The highest BCUT2D eigenvalue weighted by Crippen LogP contribution is 2.44. The Balaban J connectivity index is 1.96. The number of aryl methyl sites for hydroxylation is 2. The molecular formula is C21H18F3N5O3S. The number of hydrogen-bond acceptors (Lipinski definition) is 6. The van der Waals surface area contributed by atoms with Crippen molar-refractivity contribution in [1.29, 1.82) is 0 Å². The number of hydrogen-bond donors (Lipinski definition) is 2. The van der Waals surface area contributed by atoms with Crippen molar-refractivity contribution < 1.29 is 27.2 Å². The highest BCUT2D eigenvalue weighted by Gasteiger charge is 2.35. The monoisotopic (exact) mass is 477 g/mol. The first-order valence-electron chi connectivity index (χ1n) is 9.76. The lowest BCUT2D eigenvalue weighted by molar-refractivity contribution is -0.140. The minimum absolute atomic E-state index is 0.0223. The molecular weight excluding hydrogens is 459 g/mol. The molecule has 4 heterocycles. The molecule has 0 aromatic carbocycles. The molecule has 0 fully saturated rings. The maximum absolute atomic E-state index is 13.5. The van der Waals surface area contributed by atoms with Gasteiger partial charge in [-0.15, -0.1) is 11.3 Å². The highest BCUT2D eigenvalue weighted by molar-refractivity contribution is 7.21. The molecule has 4 rings (SSSR count). The van der Waals surface area contributed by atoms with E-state index in [1.807, 2.05) is 6.92 Å². The molecule has 0 atom stereocenters. The third-order valence-corrected chi connectivity index (χ3v) is 6.21. The number of fused-ring (bicyclic) bond motifs is 1. The van der Waals surface area contributed by atoms with E-state index in [9.17, 15) is 22.8 Å². The normalized spacial score (nSPS) is 11.8. The second-order valence-corrected chi connectivity index (χ2v) is 8.20. The summed E-state index contributed by atoms with van der Waals surface area (Å²) in [5.41, 5.74) is 5.71. The zero-order valence-corrected chi connectivity index (χ0v) is 18.5. The lowest BCUT2D eigenvalue weighted by atomic mass is 10.1. The maximum atomic E-state index is 13.5. The van der Waals surface area contributed by atoms with E-state index in [1.54, 1.807) is 18.5 Å². The number of rotatable bonds is 5. The molecule has 4 aromatic rings. The molecule has 2 amide bonds. The van der Waals surface area contributed by atoms with Crippen molar-refractivity contribution in [2.24, 2.45) is 5.73 Å². The molecule has 33 heavy (non-hydrogen) atoms. The van der Waals surface area contributed by atoms with Crippen LogP contribution in [0.3, 0.4) is 0 Å². The first kappa shape index (κ1) is 22.5. The number of thiophene rings is 1. The number of carbonyl (C=O) groups is 2. The van der Waals surface area contributed by atoms with E-state index in [0.717, 1.165) is 6.07 Å². The number of anilines is 1. The van der Waals surface area contributed by atoms with Gasteiger partial charge in [0, 0.05) is 23.2 Å². The number of nitrogens with zero attached hydrogens (tertiary/aromatic N) is 3. The van der Waals surface area contributed by atoms with Gasteiger partial charge in [-0.1, -0.05) is 0 Å². The summed E-state index contributed by atoms with van der Waals surface area (Å²) in [5.74, 6) is -1.37. The van der Waals surface area contributed by atoms with Gasteiger partial charge in [0.05, 0.1) is 23.2 Å². The predicted octanol–water partition coefficient (Wildman–Crippen LogP) is 4.76. The van der Waals surface area contributed by atoms with Crippen molar-refractivity contribution in [3.63, 3.8) is 0 Å². The number of furan rings is 1. The number of alkyl halides is 3. The van der Waals surface area contributed by atoms with Gasteiger partial charge in [0.15, 0.2) is 0 Å². The van der Waals surface area contributed by atoms with Crippen LogP contribution in [-0.4, -0.2) is 26.6 Å². The average Bonchev–Trinajstić information content (AvgIpc) is 3.45. The van der Waals surface area contributed by atoms with Crippen LogP contribution in [-0.2, 0) is 12.7 Å². The first-order chi connectivity index (χ1) is 15.5. The maximum Gasteiger partial charge on any atom is 0.433 e. The third kappa shape index (κ3) is 3.86. The number of halogens is 3. The smallest absolute Gasteiger partial charge is 0.433 e. The van der Waals surface area contributed by atoms with Gasteiger partial charge in [-0.05, 0) is 39.0 Å². The summed E-state index contributed by atoms with van der Waals surface area (Å²) in [6.45, 7) is 5.81. The summed E-state index contributed by atoms with van der Waals surface area (Å²) < 4.78 is 47.5. The molecule has 172 valence electrons. The molecule has 4 aromatic heterocycles. The number of aromatic nitrogens is 3. The molecule has 8 nitrogen and oxygen atoms in total. The van der Waals surface area contributed by atoms with Gasteiger partial charge in [-0.2, -0.15) is 18.3 Å². The number of carbonyl (C=O) groups excluding carboxylic acids is 2. The second kappa shape index (κ2) is 8.03. The molecule has 0 radical (unpaired) electrons. The van der Waals surface area contributed by atoms with E-state index >= 15 is 0 Å². The van der Waals surface area contributed by atoms with Gasteiger partial charge < -0.3 is 15.5 Å². The van der Waals surface area contributed by atoms with Crippen molar-refractivity contribution in [3.8, 4) is 11.3 Å². The van der Waals surface area contributed by atoms with Crippen molar-refractivity contribution in [1.82, 2.24) is 14.8 Å². The molecule has 0 bridgehead atoms. The molecule has 0 spiro atoms. The minimum atomic E-state index is -4.74. The predicted molar refractivity (Wildman–Crippen MR) is 116 cm³/mol. The molecule has 3 N–H and O–H groups in total. The molecule has 0 unspecified atom stereocenters. The van der Waals surface area contributed by atoms with Crippen LogP contribution in [0.15, 0.2) is 28.9 Å². The van der Waals surface area contributed by atoms with E-state index in [2.05, 4.69) is 15.4 Å². The largest absolute Gasteiger partial charge is 0.464 e. The van der Waals surface area contributed by atoms with E-state index in [-0.39, 0.29) is 32.1 Å². The van der Waals surface area contributed by atoms with Gasteiger partial charge >= 0.3 is 6.18 Å². The SMILES string of the molecule is CCn1nc(C)c(C(=O)Nc2c(C(N)=O)sc3nc(C(F)(F)F)cc(-c4ccco4)c23)c1C. The minimum Gasteiger partial charge on any atom is -0.464 e. The van der Waals surface area contributed by atoms with E-state index < -0.39 is 23.7 Å². The number of pyridine rings is 1. The fourth-order valence-electron chi connectivity index (χ4n) is 3.67. The van der Waals surface area contributed by atoms with Crippen LogP contribution < -0.4 is 11.1 Å². The number of amides is 2. The molecule has 0 aliphatic rings. The number of nitrogens with two attached hydrogens (primary N) is 1. The zero-order valence-electron chi connectivity index (χ0n) is 17.7. The Morgan fingerprint density at radius 1 is 1.30 bits per heavy atom. The average molecular weight is 477 g/mol. The number of primary amides is 1. The first-order valence-corrected chi connectivity index (χ1v) is 10.6. The van der Waals surface area contributed by atoms with Crippen LogP contribution in [0.25, 0.3) is 21.5 Å². The summed E-state index contributed by atoms with van der Waals surface area (Å²) >= 11 is 0.666. The van der Waals surface area contributed by atoms with Crippen molar-refractivity contribution in [2.45, 2.75) is 33.5 Å². The van der Waals surface area contributed by atoms with E-state index in [1.165, 1.54) is 18.4 Å². The summed E-state index contributed by atoms with van der Waals surface area (Å²) in [5, 5.41) is 7.10. The van der Waals surface area contributed by atoms with Crippen LogP contribution >= 0.6 is 11.3 Å². The fraction of sp³-hybridized carbons (Fsp3) is 0.238. The Morgan fingerprint density at radius 2 is 2.03 bits per heavy atom. The Morgan fingerprint density at radius 3 is 2.58 bits per heavy atom. The summed E-state index contributed by atoms with van der Waals surface area (Å²) in [4.78, 5) is 28.8. The standard InChI is InChI=1S/C21H18F3N5O3S/c1-4-29-10(3)14(9(2)28-29)19(31)27-16-15-11(12-6-5-7-32-12)8-13(21(22,23)24)26-20(15)33-17(16)18(25)30/h5-8H,4H2,1-3H3,(H2,25,30)(H,27,31). The van der Waals surface area contributed by atoms with Crippen molar-refractivity contribution >= 4 is 39.1 Å². The zero-order chi connectivity index (χ0) is 24.1. The topological polar surface area (TPSA) is 116 Å². The molecule has 12 heteroatoms. The van der Waals surface area contributed by atoms with Crippen LogP contribution in [0.1, 0.15) is 44.0 Å². The summed E-state index contributed by atoms with van der Waals surface area (Å²) in [7, 11) is 0. The Bertz CT molecular complexity index is 1390. The molecule has 0 saturated heterocycles. The molecule has 0 aliphatic carbocycles. The molecule has 0 saturated carbocycles. The Kier molecular flexibility index (Phi) is 5.48. The van der Waals surface area contributed by atoms with Crippen LogP contribution in [0, 0.1) is 13.8 Å². The molecule has 0 aliphatic heterocycles. The van der Waals surface area contributed by atoms with E-state index in [4.69, 9.17) is 10.2 Å². The lowest BCUT2D eigenvalue weighted by Gasteiger charge is -2.11. The highest BCUT2D eigenvalue weighted by atomic mass is 32.1. The summed E-state index contributed by atoms with van der Waals surface area (Å²) in [6.07, 6.45) is -3.43. The van der Waals surface area contributed by atoms with Crippen LogP contribution in [0.4, 0.5) is 18.9 Å². The quantitative estimate of drug-likeness (QED) is 0.430. The van der Waals surface area contributed by atoms with Crippen LogP contribution in [0.2, 0.25) is 0 Å². The third-order valence-electron chi connectivity index (χ3n) is 5.11. The van der Waals surface area contributed by atoms with Crippen LogP contribution in [0.5, 0.6) is 0 Å². The van der Waals surface area contributed by atoms with Gasteiger partial charge in [0.1, 0.15) is 21.2 Å².